The third-order valence-electron chi connectivity index (χ3n) is 4.99. The lowest BCUT2D eigenvalue weighted by atomic mass is 10.1. The Bertz CT molecular complexity index is 834. The highest BCUT2D eigenvalue weighted by atomic mass is 32.2. The molecule has 1 heterocycles. The van der Waals surface area contributed by atoms with E-state index in [0.717, 1.165) is 17.5 Å². The summed E-state index contributed by atoms with van der Waals surface area (Å²) >= 11 is 0. The number of hydrogen-bond donors (Lipinski definition) is 1. The summed E-state index contributed by atoms with van der Waals surface area (Å²) in [6, 6.07) is 12.4. The van der Waals surface area contributed by atoms with Gasteiger partial charge in [0.2, 0.25) is 10.0 Å². The Morgan fingerprint density at radius 2 is 1.73 bits per heavy atom. The fraction of sp³-hybridized carbons (Fsp3) is 0.400. The lowest BCUT2D eigenvalue weighted by Crippen LogP contribution is -2.37. The molecule has 0 aliphatic carbocycles. The van der Waals surface area contributed by atoms with Crippen LogP contribution >= 0.6 is 0 Å². The van der Waals surface area contributed by atoms with Crippen molar-refractivity contribution in [3.63, 3.8) is 0 Å². The van der Waals surface area contributed by atoms with E-state index in [9.17, 15) is 12.8 Å². The summed E-state index contributed by atoms with van der Waals surface area (Å²) < 4.78 is 41.6. The third-order valence-corrected chi connectivity index (χ3v) is 6.96. The summed E-state index contributed by atoms with van der Waals surface area (Å²) in [6.07, 6.45) is 2.58. The molecule has 0 saturated carbocycles. The molecule has 2 aromatic rings. The van der Waals surface area contributed by atoms with Crippen molar-refractivity contribution >= 4 is 10.0 Å². The molecule has 140 valence electrons. The molecule has 3 rings (SSSR count). The first-order valence-corrected chi connectivity index (χ1v) is 10.3. The third kappa shape index (κ3) is 3.82. The van der Waals surface area contributed by atoms with Gasteiger partial charge in [-0.2, -0.15) is 4.31 Å². The van der Waals surface area contributed by atoms with Crippen molar-refractivity contribution < 1.29 is 17.9 Å². The number of aliphatic hydroxyl groups excluding tert-OH is 1. The minimum absolute atomic E-state index is 0.0378. The number of aryl methyl sites for hydroxylation is 1. The highest BCUT2D eigenvalue weighted by Gasteiger charge is 2.42. The zero-order chi connectivity index (χ0) is 18.7. The van der Waals surface area contributed by atoms with Crippen LogP contribution < -0.4 is 0 Å². The van der Waals surface area contributed by atoms with Gasteiger partial charge in [-0.15, -0.1) is 0 Å². The van der Waals surface area contributed by atoms with Crippen molar-refractivity contribution in [2.45, 2.75) is 49.6 Å². The van der Waals surface area contributed by atoms with Crippen molar-refractivity contribution in [3.8, 4) is 0 Å². The molecular weight excluding hydrogens is 353 g/mol. The van der Waals surface area contributed by atoms with Crippen molar-refractivity contribution in [3.05, 3.63) is 65.5 Å². The van der Waals surface area contributed by atoms with E-state index < -0.39 is 10.0 Å². The molecular formula is C20H24FNO3S. The molecule has 0 unspecified atom stereocenters. The quantitative estimate of drug-likeness (QED) is 0.833. The van der Waals surface area contributed by atoms with Crippen molar-refractivity contribution in [2.24, 2.45) is 0 Å². The van der Waals surface area contributed by atoms with E-state index in [1.807, 2.05) is 6.92 Å². The molecule has 1 aliphatic rings. The van der Waals surface area contributed by atoms with Crippen LogP contribution in [0.1, 0.15) is 42.9 Å². The maximum absolute atomic E-state index is 13.4. The maximum Gasteiger partial charge on any atom is 0.243 e. The number of rotatable bonds is 6. The van der Waals surface area contributed by atoms with Crippen molar-refractivity contribution in [1.29, 1.82) is 0 Å². The molecule has 0 bridgehead atoms. The van der Waals surface area contributed by atoms with Crippen LogP contribution in [0.4, 0.5) is 4.39 Å². The molecule has 1 N–H and O–H groups in total. The molecule has 1 aliphatic heterocycles. The van der Waals surface area contributed by atoms with Crippen LogP contribution in [0.25, 0.3) is 0 Å². The molecule has 2 atom stereocenters. The Morgan fingerprint density at radius 3 is 2.35 bits per heavy atom. The van der Waals surface area contributed by atoms with Crippen LogP contribution in [0.2, 0.25) is 0 Å². The topological polar surface area (TPSA) is 57.6 Å². The van der Waals surface area contributed by atoms with Gasteiger partial charge >= 0.3 is 0 Å². The highest BCUT2D eigenvalue weighted by Crippen LogP contribution is 2.41. The van der Waals surface area contributed by atoms with Gasteiger partial charge in [-0.05, 0) is 62.4 Å². The van der Waals surface area contributed by atoms with E-state index >= 15 is 0 Å². The van der Waals surface area contributed by atoms with Crippen molar-refractivity contribution in [2.75, 3.05) is 6.61 Å². The summed E-state index contributed by atoms with van der Waals surface area (Å²) in [5.74, 6) is -0.337. The molecule has 0 spiro atoms. The summed E-state index contributed by atoms with van der Waals surface area (Å²) in [5, 5.41) is 9.17. The molecule has 1 fully saturated rings. The Hall–Kier alpha value is -1.76. The maximum atomic E-state index is 13.4. The van der Waals surface area contributed by atoms with Crippen LogP contribution in [-0.2, 0) is 10.0 Å². The largest absolute Gasteiger partial charge is 0.396 e. The monoisotopic (exact) mass is 377 g/mol. The number of hydrogen-bond acceptors (Lipinski definition) is 3. The Morgan fingerprint density at radius 1 is 1.08 bits per heavy atom. The van der Waals surface area contributed by atoms with E-state index in [4.69, 9.17) is 5.11 Å². The highest BCUT2D eigenvalue weighted by molar-refractivity contribution is 7.89. The van der Waals surface area contributed by atoms with Crippen LogP contribution in [-0.4, -0.2) is 30.5 Å². The average molecular weight is 377 g/mol. The zero-order valence-corrected chi connectivity index (χ0v) is 15.6. The second-order valence-electron chi connectivity index (χ2n) is 6.81. The number of halogens is 1. The average Bonchev–Trinajstić information content (AvgIpc) is 3.05. The van der Waals surface area contributed by atoms with Crippen LogP contribution in [0, 0.1) is 12.7 Å². The summed E-state index contributed by atoms with van der Waals surface area (Å²) in [4.78, 5) is 0.270. The number of aliphatic hydroxyl groups is 1. The van der Waals surface area contributed by atoms with Crippen LogP contribution in [0.15, 0.2) is 53.4 Å². The van der Waals surface area contributed by atoms with Gasteiger partial charge in [0.1, 0.15) is 5.82 Å². The minimum Gasteiger partial charge on any atom is -0.396 e. The van der Waals surface area contributed by atoms with Gasteiger partial charge < -0.3 is 5.11 Å². The fourth-order valence-electron chi connectivity index (χ4n) is 3.65. The zero-order valence-electron chi connectivity index (χ0n) is 14.8. The van der Waals surface area contributed by atoms with E-state index in [0.29, 0.717) is 19.3 Å². The number of sulfonamides is 1. The lowest BCUT2D eigenvalue weighted by Gasteiger charge is -2.30. The van der Waals surface area contributed by atoms with Gasteiger partial charge in [0, 0.05) is 12.6 Å². The first-order chi connectivity index (χ1) is 12.4. The second-order valence-corrected chi connectivity index (χ2v) is 8.66. The first kappa shape index (κ1) is 19.0. The van der Waals surface area contributed by atoms with Crippen molar-refractivity contribution in [1.82, 2.24) is 4.31 Å². The first-order valence-electron chi connectivity index (χ1n) is 8.90. The second kappa shape index (κ2) is 7.86. The SMILES string of the molecule is Cc1ccc(S(=O)(=O)N2[C@@H](CCCO)CC[C@@H]2c2ccc(F)cc2)cc1. The van der Waals surface area contributed by atoms with Crippen LogP contribution in [0.5, 0.6) is 0 Å². The van der Waals surface area contributed by atoms with Gasteiger partial charge in [0.05, 0.1) is 10.9 Å². The van der Waals surface area contributed by atoms with Crippen LogP contribution in [0.3, 0.4) is 0 Å². The summed E-state index contributed by atoms with van der Waals surface area (Å²) in [7, 11) is -3.68. The van der Waals surface area contributed by atoms with E-state index in [1.165, 1.54) is 12.1 Å². The molecule has 0 radical (unpaired) electrons. The lowest BCUT2D eigenvalue weighted by molar-refractivity contribution is 0.253. The fourth-order valence-corrected chi connectivity index (χ4v) is 5.54. The van der Waals surface area contributed by atoms with Gasteiger partial charge in [-0.1, -0.05) is 29.8 Å². The predicted octanol–water partition coefficient (Wildman–Crippen LogP) is 3.80. The van der Waals surface area contributed by atoms with Gasteiger partial charge in [0.15, 0.2) is 0 Å². The predicted molar refractivity (Wildman–Crippen MR) is 98.7 cm³/mol. The Labute approximate surface area is 154 Å². The molecule has 0 amide bonds. The Kier molecular flexibility index (Phi) is 5.75. The van der Waals surface area contributed by atoms with Gasteiger partial charge in [0.25, 0.3) is 0 Å². The van der Waals surface area contributed by atoms with E-state index in [1.54, 1.807) is 40.7 Å². The molecule has 1 saturated heterocycles. The van der Waals surface area contributed by atoms with E-state index in [-0.39, 0.29) is 29.4 Å². The molecule has 0 aromatic heterocycles. The minimum atomic E-state index is -3.68. The molecule has 6 heteroatoms. The van der Waals surface area contributed by atoms with Gasteiger partial charge in [-0.3, -0.25) is 0 Å². The smallest absolute Gasteiger partial charge is 0.243 e. The number of nitrogens with zero attached hydrogens (tertiary/aromatic N) is 1. The van der Waals surface area contributed by atoms with Gasteiger partial charge in [-0.25, -0.2) is 12.8 Å². The molecule has 2 aromatic carbocycles. The Balaban J connectivity index is 2.00. The summed E-state index contributed by atoms with van der Waals surface area (Å²) in [6.45, 7) is 1.95. The molecule has 4 nitrogen and oxygen atoms in total. The van der Waals surface area contributed by atoms with E-state index in [2.05, 4.69) is 0 Å². The number of benzene rings is 2. The summed E-state index contributed by atoms with van der Waals surface area (Å²) in [5.41, 5.74) is 1.80. The normalized spacial score (nSPS) is 21.2. The standard InChI is InChI=1S/C20H24FNO3S/c1-15-4-11-19(12-5-15)26(24,25)22-18(3-2-14-23)10-13-20(22)16-6-8-17(21)9-7-16/h4-9,11-12,18,20,23H,2-3,10,13-14H2,1H3/t18-,20+/m0/s1. The molecule has 26 heavy (non-hydrogen) atoms.